The molecule has 112 valence electrons. The predicted molar refractivity (Wildman–Crippen MR) is 72.1 cm³/mol. The van der Waals surface area contributed by atoms with Crippen LogP contribution < -0.4 is 11.1 Å². The first-order valence-electron chi connectivity index (χ1n) is 6.58. The molecule has 0 aromatic heterocycles. The van der Waals surface area contributed by atoms with Crippen molar-refractivity contribution >= 4 is 11.6 Å². The van der Waals surface area contributed by atoms with E-state index >= 15 is 0 Å². The van der Waals surface area contributed by atoms with Gasteiger partial charge < -0.3 is 11.1 Å². The highest BCUT2D eigenvalue weighted by Gasteiger charge is 2.31. The topological polar surface area (TPSA) is 55.1 Å². The summed E-state index contributed by atoms with van der Waals surface area (Å²) in [6.07, 6.45) is -1.52. The lowest BCUT2D eigenvalue weighted by Crippen LogP contribution is -2.14. The molecule has 0 aliphatic carbocycles. The molecule has 1 rings (SSSR count). The maximum absolute atomic E-state index is 12.7. The average molecular weight is 288 g/mol. The van der Waals surface area contributed by atoms with E-state index in [0.29, 0.717) is 12.0 Å². The Labute approximate surface area is 116 Å². The summed E-state index contributed by atoms with van der Waals surface area (Å²) in [4.78, 5) is 11.6. The lowest BCUT2D eigenvalue weighted by Gasteiger charge is -2.12. The molecule has 0 atom stereocenters. The molecule has 0 saturated heterocycles. The lowest BCUT2D eigenvalue weighted by atomic mass is 10.1. The van der Waals surface area contributed by atoms with E-state index in [9.17, 15) is 18.0 Å². The standard InChI is InChI=1S/C14H19F3N2O/c1-2-3-4-5-13(20)19-12-7-10(9-18)6-11(8-12)14(15,16)17/h6-8H,2-5,9,18H2,1H3,(H,19,20). The maximum Gasteiger partial charge on any atom is 0.416 e. The van der Waals surface area contributed by atoms with Gasteiger partial charge in [0, 0.05) is 18.7 Å². The van der Waals surface area contributed by atoms with Gasteiger partial charge in [0.05, 0.1) is 5.56 Å². The van der Waals surface area contributed by atoms with E-state index in [0.717, 1.165) is 31.4 Å². The number of alkyl halides is 3. The van der Waals surface area contributed by atoms with Crippen LogP contribution in [0.4, 0.5) is 18.9 Å². The van der Waals surface area contributed by atoms with Gasteiger partial charge in [0.15, 0.2) is 0 Å². The monoisotopic (exact) mass is 288 g/mol. The van der Waals surface area contributed by atoms with Crippen LogP contribution in [0, 0.1) is 0 Å². The van der Waals surface area contributed by atoms with Crippen molar-refractivity contribution in [1.82, 2.24) is 0 Å². The molecule has 6 heteroatoms. The van der Waals surface area contributed by atoms with Gasteiger partial charge in [0.2, 0.25) is 5.91 Å². The largest absolute Gasteiger partial charge is 0.416 e. The highest BCUT2D eigenvalue weighted by Crippen LogP contribution is 2.32. The number of nitrogens with one attached hydrogen (secondary N) is 1. The third-order valence-electron chi connectivity index (χ3n) is 2.85. The third-order valence-corrected chi connectivity index (χ3v) is 2.85. The first-order valence-corrected chi connectivity index (χ1v) is 6.58. The van der Waals surface area contributed by atoms with E-state index in [-0.39, 0.29) is 18.1 Å². The molecule has 20 heavy (non-hydrogen) atoms. The molecule has 0 unspecified atom stereocenters. The molecule has 0 aliphatic rings. The Bertz CT molecular complexity index is 458. The Morgan fingerprint density at radius 1 is 1.25 bits per heavy atom. The Morgan fingerprint density at radius 3 is 2.50 bits per heavy atom. The van der Waals surface area contributed by atoms with Gasteiger partial charge in [-0.05, 0) is 30.2 Å². The Morgan fingerprint density at radius 2 is 1.95 bits per heavy atom. The minimum Gasteiger partial charge on any atom is -0.326 e. The Balaban J connectivity index is 2.81. The second-order valence-corrected chi connectivity index (χ2v) is 4.63. The van der Waals surface area contributed by atoms with Gasteiger partial charge in [-0.25, -0.2) is 0 Å². The minimum atomic E-state index is -4.45. The van der Waals surface area contributed by atoms with Crippen molar-refractivity contribution in [1.29, 1.82) is 0 Å². The summed E-state index contributed by atoms with van der Waals surface area (Å²) in [6, 6.07) is 3.39. The minimum absolute atomic E-state index is 0.0113. The fraction of sp³-hybridized carbons (Fsp3) is 0.500. The first-order chi connectivity index (χ1) is 9.36. The smallest absolute Gasteiger partial charge is 0.326 e. The van der Waals surface area contributed by atoms with Crippen molar-refractivity contribution in [2.45, 2.75) is 45.3 Å². The SMILES string of the molecule is CCCCCC(=O)Nc1cc(CN)cc(C(F)(F)F)c1. The van der Waals surface area contributed by atoms with Gasteiger partial charge in [-0.1, -0.05) is 19.8 Å². The molecule has 3 nitrogen and oxygen atoms in total. The van der Waals surface area contributed by atoms with Gasteiger partial charge in [-0.15, -0.1) is 0 Å². The maximum atomic E-state index is 12.7. The summed E-state index contributed by atoms with van der Waals surface area (Å²) in [7, 11) is 0. The van der Waals surface area contributed by atoms with Crippen LogP contribution >= 0.6 is 0 Å². The van der Waals surface area contributed by atoms with E-state index in [1.165, 1.54) is 6.07 Å². The van der Waals surface area contributed by atoms with Crippen LogP contribution in [0.5, 0.6) is 0 Å². The molecule has 0 spiro atoms. The van der Waals surface area contributed by atoms with Crippen LogP contribution in [0.3, 0.4) is 0 Å². The zero-order chi connectivity index (χ0) is 15.2. The van der Waals surface area contributed by atoms with Gasteiger partial charge in [-0.2, -0.15) is 13.2 Å². The fourth-order valence-corrected chi connectivity index (χ4v) is 1.80. The van der Waals surface area contributed by atoms with Gasteiger partial charge in [0.1, 0.15) is 0 Å². The molecular formula is C14H19F3N2O. The average Bonchev–Trinajstić information content (AvgIpc) is 2.37. The number of rotatable bonds is 6. The molecule has 0 heterocycles. The number of hydrogen-bond acceptors (Lipinski definition) is 2. The highest BCUT2D eigenvalue weighted by atomic mass is 19.4. The van der Waals surface area contributed by atoms with Crippen molar-refractivity contribution < 1.29 is 18.0 Å². The zero-order valence-corrected chi connectivity index (χ0v) is 11.4. The van der Waals surface area contributed by atoms with E-state index in [1.807, 2.05) is 6.92 Å². The molecule has 3 N–H and O–H groups in total. The number of amides is 1. The number of hydrogen-bond donors (Lipinski definition) is 2. The van der Waals surface area contributed by atoms with Crippen molar-refractivity contribution in [2.24, 2.45) is 5.73 Å². The van der Waals surface area contributed by atoms with Crippen LogP contribution in [-0.4, -0.2) is 5.91 Å². The van der Waals surface area contributed by atoms with Gasteiger partial charge >= 0.3 is 6.18 Å². The predicted octanol–water partition coefficient (Wildman–Crippen LogP) is 3.68. The van der Waals surface area contributed by atoms with Crippen molar-refractivity contribution in [3.63, 3.8) is 0 Å². The van der Waals surface area contributed by atoms with E-state index < -0.39 is 11.7 Å². The zero-order valence-electron chi connectivity index (χ0n) is 11.4. The summed E-state index contributed by atoms with van der Waals surface area (Å²) < 4.78 is 38.1. The van der Waals surface area contributed by atoms with Crippen molar-refractivity contribution in [3.05, 3.63) is 29.3 Å². The highest BCUT2D eigenvalue weighted by molar-refractivity contribution is 5.90. The molecular weight excluding hydrogens is 269 g/mol. The second kappa shape index (κ2) is 7.28. The number of carbonyl (C=O) groups excluding carboxylic acids is 1. The summed E-state index contributed by atoms with van der Waals surface area (Å²) in [6.45, 7) is 2.00. The lowest BCUT2D eigenvalue weighted by molar-refractivity contribution is -0.137. The third kappa shape index (κ3) is 5.21. The van der Waals surface area contributed by atoms with Crippen LogP contribution in [0.25, 0.3) is 0 Å². The molecule has 0 saturated carbocycles. The second-order valence-electron chi connectivity index (χ2n) is 4.63. The summed E-state index contributed by atoms with van der Waals surface area (Å²) in [5.41, 5.74) is 5.06. The van der Waals surface area contributed by atoms with E-state index in [4.69, 9.17) is 5.73 Å². The molecule has 0 bridgehead atoms. The summed E-state index contributed by atoms with van der Waals surface area (Å²) in [5, 5.41) is 2.49. The Kier molecular flexibility index (Phi) is 6.01. The van der Waals surface area contributed by atoms with Gasteiger partial charge in [0.25, 0.3) is 0 Å². The molecule has 0 radical (unpaired) electrons. The number of anilines is 1. The van der Waals surface area contributed by atoms with Crippen LogP contribution in [0.15, 0.2) is 18.2 Å². The summed E-state index contributed by atoms with van der Waals surface area (Å²) >= 11 is 0. The van der Waals surface area contributed by atoms with Crippen molar-refractivity contribution in [2.75, 3.05) is 5.32 Å². The molecule has 0 fully saturated rings. The normalized spacial score (nSPS) is 11.4. The number of unbranched alkanes of at least 4 members (excludes halogenated alkanes) is 2. The number of nitrogens with two attached hydrogens (primary N) is 1. The number of carbonyl (C=O) groups is 1. The van der Waals surface area contributed by atoms with Crippen LogP contribution in [0.2, 0.25) is 0 Å². The first kappa shape index (κ1) is 16.5. The quantitative estimate of drug-likeness (QED) is 0.784. The van der Waals surface area contributed by atoms with Crippen LogP contribution in [-0.2, 0) is 17.5 Å². The van der Waals surface area contributed by atoms with Gasteiger partial charge in [-0.3, -0.25) is 4.79 Å². The molecule has 1 aromatic carbocycles. The summed E-state index contributed by atoms with van der Waals surface area (Å²) in [5.74, 6) is -0.277. The number of halogens is 3. The van der Waals surface area contributed by atoms with E-state index in [2.05, 4.69) is 5.32 Å². The van der Waals surface area contributed by atoms with Crippen LogP contribution in [0.1, 0.15) is 43.7 Å². The molecule has 1 aromatic rings. The van der Waals surface area contributed by atoms with Crippen molar-refractivity contribution in [3.8, 4) is 0 Å². The Hall–Kier alpha value is -1.56. The number of benzene rings is 1. The molecule has 0 aliphatic heterocycles. The fourth-order valence-electron chi connectivity index (χ4n) is 1.80. The molecule has 1 amide bonds. The van der Waals surface area contributed by atoms with E-state index in [1.54, 1.807) is 0 Å².